The van der Waals surface area contributed by atoms with Crippen LogP contribution in [0.1, 0.15) is 0 Å². The Hall–Kier alpha value is -6.24. The molecule has 0 amide bonds. The van der Waals surface area contributed by atoms with Gasteiger partial charge in [0.05, 0.1) is 6.20 Å². The number of benzene rings is 6. The first kappa shape index (κ1) is 26.9. The van der Waals surface area contributed by atoms with Gasteiger partial charge in [-0.25, -0.2) is 15.0 Å². The number of rotatable bonds is 4. The molecule has 0 fully saturated rings. The minimum Gasteiger partial charge on any atom is -0.454 e. The Kier molecular flexibility index (Phi) is 5.98. The predicted molar refractivity (Wildman–Crippen MR) is 197 cm³/mol. The van der Waals surface area contributed by atoms with Crippen LogP contribution >= 0.6 is 11.3 Å². The second-order valence-corrected chi connectivity index (χ2v) is 13.0. The van der Waals surface area contributed by atoms with Crippen molar-refractivity contribution in [2.45, 2.75) is 0 Å². The smallest absolute Gasteiger partial charge is 0.164 e. The maximum atomic E-state index is 6.50. The fraction of sp³-hybridized carbons (Fsp3) is 0. The summed E-state index contributed by atoms with van der Waals surface area (Å²) in [5.74, 6) is 1.81. The van der Waals surface area contributed by atoms with Gasteiger partial charge in [0, 0.05) is 53.8 Å². The predicted octanol–water partition coefficient (Wildman–Crippen LogP) is 11.4. The summed E-state index contributed by atoms with van der Waals surface area (Å²) in [4.78, 5) is 19.7. The van der Waals surface area contributed by atoms with E-state index in [1.165, 1.54) is 25.6 Å². The molecule has 0 unspecified atom stereocenters. The van der Waals surface area contributed by atoms with Gasteiger partial charge in [0.2, 0.25) is 0 Å². The molecule has 48 heavy (non-hydrogen) atoms. The minimum absolute atomic E-state index is 0.584. The van der Waals surface area contributed by atoms with Gasteiger partial charge in [-0.3, -0.25) is 4.98 Å². The molecule has 0 spiro atoms. The number of thiophene rings is 1. The molecule has 0 bridgehead atoms. The fourth-order valence-electron chi connectivity index (χ4n) is 6.78. The lowest BCUT2D eigenvalue weighted by molar-refractivity contribution is 0.667. The zero-order valence-corrected chi connectivity index (χ0v) is 26.3. The molecule has 0 aliphatic rings. The Morgan fingerprint density at radius 3 is 2.15 bits per heavy atom. The fourth-order valence-corrected chi connectivity index (χ4v) is 7.91. The van der Waals surface area contributed by atoms with Crippen LogP contribution < -0.4 is 0 Å². The Bertz CT molecular complexity index is 2860. The Labute approximate surface area is 278 Å². The van der Waals surface area contributed by atoms with Crippen molar-refractivity contribution in [3.63, 3.8) is 0 Å². The van der Waals surface area contributed by atoms with Crippen LogP contribution in [0, 0.1) is 0 Å². The van der Waals surface area contributed by atoms with Crippen LogP contribution in [0.3, 0.4) is 0 Å². The number of furan rings is 1. The molecule has 6 aromatic carbocycles. The highest BCUT2D eigenvalue weighted by Crippen LogP contribution is 2.44. The van der Waals surface area contributed by atoms with Gasteiger partial charge < -0.3 is 4.42 Å². The molecule has 0 atom stereocenters. The molecule has 0 saturated carbocycles. The molecule has 0 aliphatic carbocycles. The molecule has 0 radical (unpaired) electrons. The van der Waals surface area contributed by atoms with Crippen molar-refractivity contribution >= 4 is 64.2 Å². The highest BCUT2D eigenvalue weighted by atomic mass is 32.1. The molecule has 224 valence electrons. The van der Waals surface area contributed by atoms with E-state index in [-0.39, 0.29) is 0 Å². The van der Waals surface area contributed by atoms with E-state index in [0.29, 0.717) is 17.5 Å². The summed E-state index contributed by atoms with van der Waals surface area (Å²) in [6.45, 7) is 0. The van der Waals surface area contributed by atoms with Crippen LogP contribution in [0.25, 0.3) is 98.2 Å². The van der Waals surface area contributed by atoms with Crippen molar-refractivity contribution in [2.24, 2.45) is 0 Å². The van der Waals surface area contributed by atoms with Gasteiger partial charge in [-0.1, -0.05) is 97.1 Å². The highest BCUT2D eigenvalue weighted by Gasteiger charge is 2.21. The van der Waals surface area contributed by atoms with Gasteiger partial charge in [0.1, 0.15) is 5.58 Å². The molecular formula is C42H24N4OS. The third kappa shape index (κ3) is 4.31. The summed E-state index contributed by atoms with van der Waals surface area (Å²) in [7, 11) is 0. The summed E-state index contributed by atoms with van der Waals surface area (Å²) in [5, 5.41) is 6.70. The van der Waals surface area contributed by atoms with Gasteiger partial charge >= 0.3 is 0 Å². The topological polar surface area (TPSA) is 64.7 Å². The summed E-state index contributed by atoms with van der Waals surface area (Å²) in [5.41, 5.74) is 6.38. The van der Waals surface area contributed by atoms with Crippen LogP contribution in [0.4, 0.5) is 0 Å². The third-order valence-electron chi connectivity index (χ3n) is 9.01. The Morgan fingerprint density at radius 1 is 0.458 bits per heavy atom. The average molecular weight is 633 g/mol. The van der Waals surface area contributed by atoms with Gasteiger partial charge in [-0.05, 0) is 58.3 Å². The zero-order valence-electron chi connectivity index (χ0n) is 25.5. The van der Waals surface area contributed by atoms with Crippen molar-refractivity contribution in [1.82, 2.24) is 19.9 Å². The van der Waals surface area contributed by atoms with Crippen molar-refractivity contribution < 1.29 is 4.42 Å². The first-order valence-corrected chi connectivity index (χ1v) is 16.6. The summed E-state index contributed by atoms with van der Waals surface area (Å²) < 4.78 is 9.01. The first-order chi connectivity index (χ1) is 23.8. The number of hydrogen-bond donors (Lipinski definition) is 0. The van der Waals surface area contributed by atoms with Crippen molar-refractivity contribution in [3.05, 3.63) is 146 Å². The number of aromatic nitrogens is 4. The number of pyridine rings is 1. The van der Waals surface area contributed by atoms with E-state index in [2.05, 4.69) is 102 Å². The van der Waals surface area contributed by atoms with Crippen molar-refractivity contribution in [1.29, 1.82) is 0 Å². The van der Waals surface area contributed by atoms with E-state index in [1.54, 1.807) is 12.4 Å². The Morgan fingerprint density at radius 2 is 1.23 bits per heavy atom. The Balaban J connectivity index is 1.28. The quantitative estimate of drug-likeness (QED) is 0.193. The summed E-state index contributed by atoms with van der Waals surface area (Å²) in [6, 6.07) is 46.3. The summed E-state index contributed by atoms with van der Waals surface area (Å²) in [6.07, 6.45) is 3.58. The van der Waals surface area contributed by atoms with Gasteiger partial charge in [-0.15, -0.1) is 11.3 Å². The van der Waals surface area contributed by atoms with Crippen LogP contribution in [0.15, 0.2) is 150 Å². The van der Waals surface area contributed by atoms with E-state index in [9.17, 15) is 0 Å². The molecular weight excluding hydrogens is 609 g/mol. The van der Waals surface area contributed by atoms with Gasteiger partial charge in [-0.2, -0.15) is 0 Å². The van der Waals surface area contributed by atoms with E-state index in [4.69, 9.17) is 19.4 Å². The van der Waals surface area contributed by atoms with Crippen molar-refractivity contribution in [3.8, 4) is 45.3 Å². The molecule has 0 N–H and O–H groups in total. The SMILES string of the molecule is c1ccc(-c2nc(-c3ccc4ccccc4c3)nc(-c3cc(-c4cccc5sc6ccccc6c45)cc4oc5cnccc5c34)n2)cc1. The monoisotopic (exact) mass is 632 g/mol. The zero-order chi connectivity index (χ0) is 31.6. The second kappa shape index (κ2) is 10.7. The maximum Gasteiger partial charge on any atom is 0.164 e. The third-order valence-corrected chi connectivity index (χ3v) is 10.1. The molecule has 5 nitrogen and oxygen atoms in total. The van der Waals surface area contributed by atoms with Crippen LogP contribution in [-0.4, -0.2) is 19.9 Å². The van der Waals surface area contributed by atoms with Crippen LogP contribution in [0.2, 0.25) is 0 Å². The minimum atomic E-state index is 0.584. The van der Waals surface area contributed by atoms with Gasteiger partial charge in [0.15, 0.2) is 23.1 Å². The van der Waals surface area contributed by atoms with E-state index >= 15 is 0 Å². The molecule has 6 heteroatoms. The lowest BCUT2D eigenvalue weighted by Gasteiger charge is -2.12. The normalized spacial score (nSPS) is 11.8. The van der Waals surface area contributed by atoms with E-state index in [0.717, 1.165) is 55.1 Å². The molecule has 4 heterocycles. The van der Waals surface area contributed by atoms with Gasteiger partial charge in [0.25, 0.3) is 0 Å². The van der Waals surface area contributed by atoms with E-state index in [1.807, 2.05) is 47.7 Å². The largest absolute Gasteiger partial charge is 0.454 e. The lowest BCUT2D eigenvalue weighted by Crippen LogP contribution is -2.00. The molecule has 4 aromatic heterocycles. The second-order valence-electron chi connectivity index (χ2n) is 11.9. The maximum absolute atomic E-state index is 6.50. The van der Waals surface area contributed by atoms with Crippen LogP contribution in [-0.2, 0) is 0 Å². The number of nitrogens with zero attached hydrogens (tertiary/aromatic N) is 4. The lowest BCUT2D eigenvalue weighted by atomic mass is 9.95. The summed E-state index contributed by atoms with van der Waals surface area (Å²) >= 11 is 1.81. The number of hydrogen-bond acceptors (Lipinski definition) is 6. The standard InChI is InChI=1S/C42H24N4OS/c1-2-10-26(11-3-1)40-44-41(28-18-17-25-9-4-5-12-27(25)21-28)46-42(45-40)33-22-29(23-34-38(33)31-19-20-43-24-35(31)47-34)30-14-8-16-37-39(30)32-13-6-7-15-36(32)48-37/h1-24H. The van der Waals surface area contributed by atoms with Crippen molar-refractivity contribution in [2.75, 3.05) is 0 Å². The number of fused-ring (bicyclic) bond motifs is 7. The average Bonchev–Trinajstić information content (AvgIpc) is 3.73. The first-order valence-electron chi connectivity index (χ1n) is 15.8. The molecule has 10 aromatic rings. The molecule has 0 aliphatic heterocycles. The molecule has 0 saturated heterocycles. The van der Waals surface area contributed by atoms with Crippen LogP contribution in [0.5, 0.6) is 0 Å². The van der Waals surface area contributed by atoms with E-state index < -0.39 is 0 Å². The molecule has 10 rings (SSSR count). The highest BCUT2D eigenvalue weighted by molar-refractivity contribution is 7.25.